The number of aromatic carboxylic acids is 1. The van der Waals surface area contributed by atoms with Gasteiger partial charge in [-0.25, -0.2) is 4.79 Å². The van der Waals surface area contributed by atoms with E-state index in [0.717, 1.165) is 6.42 Å². The summed E-state index contributed by atoms with van der Waals surface area (Å²) in [4.78, 5) is 10.9. The minimum Gasteiger partial charge on any atom is -0.478 e. The van der Waals surface area contributed by atoms with Crippen molar-refractivity contribution in [2.45, 2.75) is 34.1 Å². The van der Waals surface area contributed by atoms with Gasteiger partial charge in [0.1, 0.15) is 5.69 Å². The number of carbonyl (C=O) groups is 1. The molecular weight excluding hydrogens is 288 g/mol. The molecule has 1 N–H and O–H groups in total. The Morgan fingerprint density at radius 2 is 2.09 bits per heavy atom. The van der Waals surface area contributed by atoms with E-state index in [-0.39, 0.29) is 16.4 Å². The highest BCUT2D eigenvalue weighted by atomic mass is 16.4. The molecule has 4 nitrogen and oxygen atoms in total. The van der Waals surface area contributed by atoms with Crippen LogP contribution in [0.15, 0.2) is 36.6 Å². The fraction of sp³-hybridized carbons (Fsp3) is 0.421. The first-order valence-electron chi connectivity index (χ1n) is 7.64. The maximum Gasteiger partial charge on any atom is 0.337 e. The molecule has 0 radical (unpaired) electrons. The number of carboxylic acid groups (broad SMARTS) is 1. The lowest BCUT2D eigenvalue weighted by Gasteiger charge is -2.39. The van der Waals surface area contributed by atoms with Crippen LogP contribution >= 0.6 is 0 Å². The number of hydrogen-bond acceptors (Lipinski definition) is 3. The molecule has 0 spiro atoms. The van der Waals surface area contributed by atoms with Gasteiger partial charge in [0, 0.05) is 0 Å². The van der Waals surface area contributed by atoms with Crippen molar-refractivity contribution in [1.82, 2.24) is 10.2 Å². The van der Waals surface area contributed by atoms with Crippen LogP contribution in [0.25, 0.3) is 0 Å². The van der Waals surface area contributed by atoms with E-state index in [0.29, 0.717) is 11.6 Å². The summed E-state index contributed by atoms with van der Waals surface area (Å²) in [6.07, 6.45) is 10.8. The summed E-state index contributed by atoms with van der Waals surface area (Å²) in [6, 6.07) is 1.42. The molecule has 2 rings (SSSR count). The lowest BCUT2D eigenvalue weighted by Crippen LogP contribution is -2.30. The molecule has 0 aromatic carbocycles. The van der Waals surface area contributed by atoms with Gasteiger partial charge >= 0.3 is 5.97 Å². The van der Waals surface area contributed by atoms with Crippen molar-refractivity contribution in [2.24, 2.45) is 16.7 Å². The quantitative estimate of drug-likeness (QED) is 0.668. The number of nitrogens with zero attached hydrogens (tertiary/aromatic N) is 2. The predicted octanol–water partition coefficient (Wildman–Crippen LogP) is 3.71. The van der Waals surface area contributed by atoms with Crippen molar-refractivity contribution in [2.75, 3.05) is 0 Å². The standard InChI is InChI=1S/C19H22N2O2/c1-18(2)9-10-19(3,4)15(12-18)7-5-6-8-16-11-14(17(22)23)13-20-21-16/h5,7,9-11,13,15H,12H2,1-4H3,(H,22,23). The van der Waals surface area contributed by atoms with E-state index in [9.17, 15) is 4.79 Å². The molecule has 0 aliphatic heterocycles. The Labute approximate surface area is 137 Å². The van der Waals surface area contributed by atoms with Gasteiger partial charge in [-0.2, -0.15) is 5.10 Å². The Kier molecular flexibility index (Phi) is 4.70. The van der Waals surface area contributed by atoms with E-state index < -0.39 is 5.97 Å². The lowest BCUT2D eigenvalue weighted by atomic mass is 9.65. The van der Waals surface area contributed by atoms with Gasteiger partial charge in [-0.05, 0) is 41.2 Å². The largest absolute Gasteiger partial charge is 0.478 e. The van der Waals surface area contributed by atoms with Gasteiger partial charge in [0.05, 0.1) is 11.8 Å². The number of hydrogen-bond donors (Lipinski definition) is 1. The second-order valence-electron chi connectivity index (χ2n) is 7.22. The third kappa shape index (κ3) is 4.53. The van der Waals surface area contributed by atoms with Crippen LogP contribution in [0.3, 0.4) is 0 Å². The molecule has 0 bridgehead atoms. The molecule has 0 saturated heterocycles. The Hall–Kier alpha value is -2.41. The fourth-order valence-electron chi connectivity index (χ4n) is 2.60. The molecule has 0 fully saturated rings. The van der Waals surface area contributed by atoms with E-state index in [1.165, 1.54) is 12.3 Å². The molecule has 1 heterocycles. The van der Waals surface area contributed by atoms with Gasteiger partial charge in [-0.3, -0.25) is 0 Å². The maximum atomic E-state index is 10.9. The predicted molar refractivity (Wildman–Crippen MR) is 89.8 cm³/mol. The molecule has 1 aromatic heterocycles. The van der Waals surface area contributed by atoms with Crippen LogP contribution in [0.4, 0.5) is 0 Å². The van der Waals surface area contributed by atoms with E-state index >= 15 is 0 Å². The zero-order valence-electron chi connectivity index (χ0n) is 14.0. The molecular formula is C19H22N2O2. The smallest absolute Gasteiger partial charge is 0.337 e. The molecule has 23 heavy (non-hydrogen) atoms. The van der Waals surface area contributed by atoms with Crippen molar-refractivity contribution in [3.05, 3.63) is 47.8 Å². The topological polar surface area (TPSA) is 63.1 Å². The minimum absolute atomic E-state index is 0.0913. The van der Waals surface area contributed by atoms with Gasteiger partial charge in [0.15, 0.2) is 0 Å². The number of aromatic nitrogens is 2. The van der Waals surface area contributed by atoms with Crippen LogP contribution in [0.5, 0.6) is 0 Å². The summed E-state index contributed by atoms with van der Waals surface area (Å²) >= 11 is 0. The molecule has 1 aliphatic carbocycles. The fourth-order valence-corrected chi connectivity index (χ4v) is 2.60. The third-order valence-electron chi connectivity index (χ3n) is 4.18. The summed E-state index contributed by atoms with van der Waals surface area (Å²) < 4.78 is 0. The van der Waals surface area contributed by atoms with Gasteiger partial charge in [-0.1, -0.05) is 51.8 Å². The SMILES string of the molecule is CC1(C)C=CC(C)(C)C(C=CC#Cc2cc(C(=O)O)cnn2)C1. The molecule has 120 valence electrons. The Morgan fingerprint density at radius 3 is 2.78 bits per heavy atom. The highest BCUT2D eigenvalue weighted by Crippen LogP contribution is 2.44. The average molecular weight is 310 g/mol. The summed E-state index contributed by atoms with van der Waals surface area (Å²) in [6.45, 7) is 8.92. The van der Waals surface area contributed by atoms with Crippen LogP contribution in [0, 0.1) is 28.6 Å². The van der Waals surface area contributed by atoms with Crippen molar-refractivity contribution in [3.8, 4) is 11.8 Å². The molecule has 4 heteroatoms. The Morgan fingerprint density at radius 1 is 1.35 bits per heavy atom. The first-order valence-corrected chi connectivity index (χ1v) is 7.64. The van der Waals surface area contributed by atoms with Gasteiger partial charge in [0.2, 0.25) is 0 Å². The molecule has 0 amide bonds. The molecule has 1 unspecified atom stereocenters. The first-order chi connectivity index (χ1) is 10.7. The average Bonchev–Trinajstić information content (AvgIpc) is 2.48. The van der Waals surface area contributed by atoms with Crippen molar-refractivity contribution < 1.29 is 9.90 Å². The van der Waals surface area contributed by atoms with Crippen molar-refractivity contribution in [1.29, 1.82) is 0 Å². The Balaban J connectivity index is 2.12. The van der Waals surface area contributed by atoms with Crippen LogP contribution in [-0.2, 0) is 0 Å². The molecule has 1 aromatic rings. The first kappa shape index (κ1) is 17.0. The van der Waals surface area contributed by atoms with Crippen LogP contribution < -0.4 is 0 Å². The number of rotatable bonds is 2. The molecule has 1 aliphatic rings. The summed E-state index contributed by atoms with van der Waals surface area (Å²) in [5, 5.41) is 16.4. The lowest BCUT2D eigenvalue weighted by molar-refractivity contribution is 0.0696. The van der Waals surface area contributed by atoms with E-state index in [4.69, 9.17) is 5.11 Å². The second-order valence-corrected chi connectivity index (χ2v) is 7.22. The van der Waals surface area contributed by atoms with Crippen molar-refractivity contribution >= 4 is 5.97 Å². The highest BCUT2D eigenvalue weighted by molar-refractivity contribution is 5.87. The minimum atomic E-state index is -1.03. The summed E-state index contributed by atoms with van der Waals surface area (Å²) in [5.41, 5.74) is 0.752. The normalized spacial score (nSPS) is 21.7. The van der Waals surface area contributed by atoms with E-state index in [1.54, 1.807) is 0 Å². The summed E-state index contributed by atoms with van der Waals surface area (Å²) in [7, 11) is 0. The van der Waals surface area contributed by atoms with Crippen LogP contribution in [-0.4, -0.2) is 21.3 Å². The van der Waals surface area contributed by atoms with Gasteiger partial charge in [0.25, 0.3) is 0 Å². The molecule has 1 atom stereocenters. The van der Waals surface area contributed by atoms with E-state index in [1.807, 2.05) is 6.08 Å². The third-order valence-corrected chi connectivity index (χ3v) is 4.18. The van der Waals surface area contributed by atoms with Crippen LogP contribution in [0.1, 0.15) is 50.2 Å². The number of carboxylic acids is 1. The maximum absolute atomic E-state index is 10.9. The Bertz CT molecular complexity index is 718. The zero-order chi connectivity index (χ0) is 17.1. The number of allylic oxidation sites excluding steroid dienone is 4. The van der Waals surface area contributed by atoms with Crippen molar-refractivity contribution in [3.63, 3.8) is 0 Å². The summed E-state index contributed by atoms with van der Waals surface area (Å²) in [5.74, 6) is 5.15. The second kappa shape index (κ2) is 6.37. The van der Waals surface area contributed by atoms with E-state index in [2.05, 4.69) is 68.0 Å². The zero-order valence-corrected chi connectivity index (χ0v) is 14.0. The van der Waals surface area contributed by atoms with Gasteiger partial charge < -0.3 is 5.11 Å². The van der Waals surface area contributed by atoms with Crippen LogP contribution in [0.2, 0.25) is 0 Å². The molecule has 0 saturated carbocycles. The monoisotopic (exact) mass is 310 g/mol. The highest BCUT2D eigenvalue weighted by Gasteiger charge is 2.34. The van der Waals surface area contributed by atoms with Gasteiger partial charge in [-0.15, -0.1) is 5.10 Å².